The van der Waals surface area contributed by atoms with E-state index in [0.717, 1.165) is 34.0 Å². The van der Waals surface area contributed by atoms with Gasteiger partial charge in [0.1, 0.15) is 6.10 Å². The van der Waals surface area contributed by atoms with Gasteiger partial charge in [0.2, 0.25) is 5.12 Å². The predicted octanol–water partition coefficient (Wildman–Crippen LogP) is 7.18. The number of benzene rings is 2. The lowest BCUT2D eigenvalue weighted by Crippen LogP contribution is -2.11. The lowest BCUT2D eigenvalue weighted by Gasteiger charge is -2.22. The molecule has 0 bridgehead atoms. The SMILES string of the molecule is C=C(SC(=O)c1c(C(C)C)cc(C(C)C)cc1C(C)C)C(O)c1ccccc1. The van der Waals surface area contributed by atoms with E-state index in [1.807, 2.05) is 30.3 Å². The highest BCUT2D eigenvalue weighted by Gasteiger charge is 2.24. The van der Waals surface area contributed by atoms with Crippen LogP contribution < -0.4 is 0 Å². The topological polar surface area (TPSA) is 37.3 Å². The number of thioether (sulfide) groups is 1. The van der Waals surface area contributed by atoms with Gasteiger partial charge in [-0.25, -0.2) is 0 Å². The molecule has 0 amide bonds. The summed E-state index contributed by atoms with van der Waals surface area (Å²) in [7, 11) is 0. The Bertz CT molecular complexity index is 806. The van der Waals surface area contributed by atoms with Gasteiger partial charge in [-0.05, 0) is 51.8 Å². The van der Waals surface area contributed by atoms with Crippen LogP contribution in [-0.2, 0) is 0 Å². The summed E-state index contributed by atoms with van der Waals surface area (Å²) in [5.74, 6) is 0.882. The van der Waals surface area contributed by atoms with E-state index in [1.165, 1.54) is 5.56 Å². The van der Waals surface area contributed by atoms with E-state index < -0.39 is 6.10 Å². The summed E-state index contributed by atoms with van der Waals surface area (Å²) in [6, 6.07) is 13.7. The van der Waals surface area contributed by atoms with Crippen LogP contribution in [0, 0.1) is 0 Å². The third kappa shape index (κ3) is 5.15. The number of aliphatic hydroxyl groups is 1. The van der Waals surface area contributed by atoms with Crippen LogP contribution in [0.5, 0.6) is 0 Å². The molecular weight excluding hydrogens is 364 g/mol. The average Bonchev–Trinajstić information content (AvgIpc) is 2.66. The standard InChI is InChI=1S/C25H32O2S/c1-15(2)20-13-21(16(3)4)23(22(14-20)17(5)6)25(27)28-18(7)24(26)19-11-9-8-10-12-19/h8-17,24,26H,7H2,1-6H3. The van der Waals surface area contributed by atoms with Crippen LogP contribution in [0.25, 0.3) is 0 Å². The quantitative estimate of drug-likeness (QED) is 0.538. The molecule has 2 nitrogen and oxygen atoms in total. The maximum absolute atomic E-state index is 13.3. The van der Waals surface area contributed by atoms with Crippen molar-refractivity contribution in [1.82, 2.24) is 0 Å². The molecule has 2 aromatic rings. The molecule has 0 aliphatic carbocycles. The molecule has 1 unspecified atom stereocenters. The van der Waals surface area contributed by atoms with Gasteiger partial charge in [0, 0.05) is 10.5 Å². The fourth-order valence-corrected chi connectivity index (χ4v) is 4.06. The van der Waals surface area contributed by atoms with Crippen molar-refractivity contribution >= 4 is 16.9 Å². The summed E-state index contributed by atoms with van der Waals surface area (Å²) in [6.07, 6.45) is -0.866. The maximum Gasteiger partial charge on any atom is 0.224 e. The molecule has 1 atom stereocenters. The Hall–Kier alpha value is -1.84. The van der Waals surface area contributed by atoms with Crippen molar-refractivity contribution < 1.29 is 9.90 Å². The molecular formula is C25H32O2S. The van der Waals surface area contributed by atoms with Crippen LogP contribution in [0.15, 0.2) is 53.9 Å². The first-order chi connectivity index (χ1) is 13.1. The first-order valence-corrected chi connectivity index (χ1v) is 10.8. The maximum atomic E-state index is 13.3. The molecule has 0 aliphatic heterocycles. The fraction of sp³-hybridized carbons (Fsp3) is 0.400. The molecule has 0 saturated heterocycles. The second-order valence-corrected chi connectivity index (χ2v) is 9.31. The molecule has 0 saturated carbocycles. The number of hydrogen-bond acceptors (Lipinski definition) is 3. The number of hydrogen-bond donors (Lipinski definition) is 1. The van der Waals surface area contributed by atoms with Gasteiger partial charge in [-0.2, -0.15) is 0 Å². The summed E-state index contributed by atoms with van der Waals surface area (Å²) in [6.45, 7) is 16.8. The highest BCUT2D eigenvalue weighted by Crippen LogP contribution is 2.38. The van der Waals surface area contributed by atoms with Crippen molar-refractivity contribution in [3.63, 3.8) is 0 Å². The van der Waals surface area contributed by atoms with Crippen LogP contribution in [0.1, 0.15) is 98.0 Å². The average molecular weight is 397 g/mol. The zero-order valence-corrected chi connectivity index (χ0v) is 18.6. The molecule has 1 N–H and O–H groups in total. The third-order valence-corrected chi connectivity index (χ3v) is 5.86. The van der Waals surface area contributed by atoms with Crippen LogP contribution in [0.2, 0.25) is 0 Å². The molecule has 0 radical (unpaired) electrons. The number of rotatable bonds is 7. The predicted molar refractivity (Wildman–Crippen MR) is 121 cm³/mol. The van der Waals surface area contributed by atoms with Crippen LogP contribution in [-0.4, -0.2) is 10.2 Å². The molecule has 0 spiro atoms. The van der Waals surface area contributed by atoms with E-state index in [2.05, 4.69) is 60.3 Å². The van der Waals surface area contributed by atoms with E-state index in [-0.39, 0.29) is 17.0 Å². The first-order valence-electron chi connectivity index (χ1n) is 9.95. The van der Waals surface area contributed by atoms with E-state index in [9.17, 15) is 9.90 Å². The molecule has 3 heteroatoms. The van der Waals surface area contributed by atoms with E-state index in [1.54, 1.807) is 0 Å². The lowest BCUT2D eigenvalue weighted by molar-refractivity contribution is 0.108. The van der Waals surface area contributed by atoms with Crippen molar-refractivity contribution in [2.45, 2.75) is 65.4 Å². The highest BCUT2D eigenvalue weighted by molar-refractivity contribution is 8.17. The van der Waals surface area contributed by atoms with Crippen molar-refractivity contribution in [3.8, 4) is 0 Å². The van der Waals surface area contributed by atoms with Gasteiger partial charge in [0.15, 0.2) is 0 Å². The number of carbonyl (C=O) groups is 1. The van der Waals surface area contributed by atoms with Crippen molar-refractivity contribution in [1.29, 1.82) is 0 Å². The van der Waals surface area contributed by atoms with Gasteiger partial charge in [-0.1, -0.05) is 90.6 Å². The zero-order valence-electron chi connectivity index (χ0n) is 17.8. The lowest BCUT2D eigenvalue weighted by atomic mass is 9.85. The number of aliphatic hydroxyl groups excluding tert-OH is 1. The Balaban J connectivity index is 2.42. The fourth-order valence-electron chi connectivity index (χ4n) is 3.24. The molecule has 28 heavy (non-hydrogen) atoms. The summed E-state index contributed by atoms with van der Waals surface area (Å²) >= 11 is 1.05. The van der Waals surface area contributed by atoms with Crippen LogP contribution in [0.4, 0.5) is 0 Å². The largest absolute Gasteiger partial charge is 0.383 e. The molecule has 0 aliphatic rings. The Kier molecular flexibility index (Phi) is 7.68. The molecule has 0 aromatic heterocycles. The van der Waals surface area contributed by atoms with Gasteiger partial charge in [-0.15, -0.1) is 0 Å². The zero-order chi connectivity index (χ0) is 21.0. The smallest absolute Gasteiger partial charge is 0.224 e. The summed E-state index contributed by atoms with van der Waals surface area (Å²) in [5, 5.41) is 10.5. The molecule has 2 aromatic carbocycles. The third-order valence-electron chi connectivity index (χ3n) is 4.98. The Morgan fingerprint density at radius 3 is 1.79 bits per heavy atom. The second kappa shape index (κ2) is 9.58. The minimum atomic E-state index is -0.866. The molecule has 0 heterocycles. The highest BCUT2D eigenvalue weighted by atomic mass is 32.2. The summed E-state index contributed by atoms with van der Waals surface area (Å²) in [4.78, 5) is 13.8. The normalized spacial score (nSPS) is 12.6. The van der Waals surface area contributed by atoms with E-state index in [0.29, 0.717) is 10.8 Å². The van der Waals surface area contributed by atoms with E-state index >= 15 is 0 Å². The Morgan fingerprint density at radius 1 is 0.857 bits per heavy atom. The van der Waals surface area contributed by atoms with Gasteiger partial charge in [0.05, 0.1) is 0 Å². The molecule has 0 fully saturated rings. The van der Waals surface area contributed by atoms with Crippen LogP contribution >= 0.6 is 11.8 Å². The minimum absolute atomic E-state index is 0.0392. The summed E-state index contributed by atoms with van der Waals surface area (Å²) in [5.41, 5.74) is 4.94. The number of carbonyl (C=O) groups excluding carboxylic acids is 1. The minimum Gasteiger partial charge on any atom is -0.383 e. The first kappa shape index (κ1) is 22.4. The van der Waals surface area contributed by atoms with Crippen molar-refractivity contribution in [3.05, 3.63) is 81.8 Å². The van der Waals surface area contributed by atoms with Crippen molar-refractivity contribution in [2.24, 2.45) is 0 Å². The summed E-state index contributed by atoms with van der Waals surface area (Å²) < 4.78 is 0. The van der Waals surface area contributed by atoms with Gasteiger partial charge >= 0.3 is 0 Å². The molecule has 2 rings (SSSR count). The Morgan fingerprint density at radius 2 is 1.36 bits per heavy atom. The van der Waals surface area contributed by atoms with Gasteiger partial charge in [0.25, 0.3) is 0 Å². The monoisotopic (exact) mass is 396 g/mol. The van der Waals surface area contributed by atoms with Crippen molar-refractivity contribution in [2.75, 3.05) is 0 Å². The molecule has 150 valence electrons. The van der Waals surface area contributed by atoms with Crippen LogP contribution in [0.3, 0.4) is 0 Å². The van der Waals surface area contributed by atoms with Gasteiger partial charge in [-0.3, -0.25) is 4.79 Å². The Labute approximate surface area is 174 Å². The van der Waals surface area contributed by atoms with E-state index in [4.69, 9.17) is 0 Å². The van der Waals surface area contributed by atoms with Gasteiger partial charge < -0.3 is 5.11 Å². The second-order valence-electron chi connectivity index (χ2n) is 8.21.